The van der Waals surface area contributed by atoms with Crippen molar-refractivity contribution in [2.24, 2.45) is 0 Å². The van der Waals surface area contributed by atoms with Crippen LogP contribution in [0.5, 0.6) is 0 Å². The third-order valence-corrected chi connectivity index (χ3v) is 3.99. The van der Waals surface area contributed by atoms with Crippen molar-refractivity contribution >= 4 is 28.2 Å². The van der Waals surface area contributed by atoms with E-state index in [9.17, 15) is 9.65 Å². The van der Waals surface area contributed by atoms with Crippen LogP contribution in [0.3, 0.4) is 0 Å². The van der Waals surface area contributed by atoms with Crippen molar-refractivity contribution in [3.63, 3.8) is 0 Å². The highest BCUT2D eigenvalue weighted by molar-refractivity contribution is 6.31. The van der Waals surface area contributed by atoms with Gasteiger partial charge < -0.3 is 4.90 Å². The Labute approximate surface area is 121 Å². The second-order valence-corrected chi connectivity index (χ2v) is 5.34. The lowest BCUT2D eigenvalue weighted by Gasteiger charge is -2.30. The van der Waals surface area contributed by atoms with Crippen LogP contribution in [-0.2, 0) is 0 Å². The highest BCUT2D eigenvalue weighted by atomic mass is 35.5. The molecule has 3 nitrogen and oxygen atoms in total. The monoisotopic (exact) mass is 289 g/mol. The summed E-state index contributed by atoms with van der Waals surface area (Å²) in [5.74, 6) is -0.521. The Bertz CT molecular complexity index is 702. The number of piperidine rings is 1. The predicted molar refractivity (Wildman–Crippen MR) is 77.5 cm³/mol. The Kier molecular flexibility index (Phi) is 3.45. The highest BCUT2D eigenvalue weighted by Gasteiger charge is 2.20. The number of pyridine rings is 1. The van der Waals surface area contributed by atoms with E-state index in [1.807, 2.05) is 0 Å². The largest absolute Gasteiger partial charge is 0.370 e. The molecule has 1 aliphatic rings. The summed E-state index contributed by atoms with van der Waals surface area (Å²) in [6.07, 6.45) is 4.81. The molecule has 0 atom stereocenters. The first-order chi connectivity index (χ1) is 9.72. The van der Waals surface area contributed by atoms with Crippen LogP contribution in [0.4, 0.5) is 10.1 Å². The van der Waals surface area contributed by atoms with Gasteiger partial charge in [0.15, 0.2) is 5.82 Å². The Morgan fingerprint density at radius 1 is 1.25 bits per heavy atom. The van der Waals surface area contributed by atoms with Crippen LogP contribution in [0.25, 0.3) is 10.9 Å². The van der Waals surface area contributed by atoms with Crippen LogP contribution in [0.2, 0.25) is 5.02 Å². The van der Waals surface area contributed by atoms with Crippen molar-refractivity contribution in [3.05, 3.63) is 34.7 Å². The van der Waals surface area contributed by atoms with Crippen LogP contribution < -0.4 is 4.90 Å². The van der Waals surface area contributed by atoms with Gasteiger partial charge in [-0.3, -0.25) is 4.98 Å². The molecule has 3 rings (SSSR count). The standard InChI is InChI=1S/C15H13ClFN3/c16-12-5-4-11-14(13(12)17)19-9-10(8-18)15(11)20-6-2-1-3-7-20/h4-5,9H,1-3,6-7H2. The molecule has 1 aromatic carbocycles. The molecule has 0 aliphatic carbocycles. The third kappa shape index (κ3) is 2.08. The van der Waals surface area contributed by atoms with Gasteiger partial charge in [0.05, 0.1) is 16.3 Å². The molecule has 0 saturated carbocycles. The maximum absolute atomic E-state index is 14.1. The molecule has 0 N–H and O–H groups in total. The number of anilines is 1. The van der Waals surface area contributed by atoms with Gasteiger partial charge in [0.1, 0.15) is 11.6 Å². The van der Waals surface area contributed by atoms with E-state index in [0.29, 0.717) is 10.9 Å². The molecular weight excluding hydrogens is 277 g/mol. The SMILES string of the molecule is N#Cc1cnc2c(F)c(Cl)ccc2c1N1CCCCC1. The van der Waals surface area contributed by atoms with E-state index in [0.717, 1.165) is 31.6 Å². The van der Waals surface area contributed by atoms with Crippen LogP contribution in [0.15, 0.2) is 18.3 Å². The van der Waals surface area contributed by atoms with Gasteiger partial charge in [-0.25, -0.2) is 4.39 Å². The minimum Gasteiger partial charge on any atom is -0.370 e. The first kappa shape index (κ1) is 13.1. The van der Waals surface area contributed by atoms with Gasteiger partial charge in [-0.15, -0.1) is 0 Å². The number of aromatic nitrogens is 1. The lowest BCUT2D eigenvalue weighted by Crippen LogP contribution is -2.30. The average Bonchev–Trinajstić information content (AvgIpc) is 2.50. The second-order valence-electron chi connectivity index (χ2n) is 4.94. The zero-order chi connectivity index (χ0) is 14.1. The van der Waals surface area contributed by atoms with Crippen molar-refractivity contribution in [3.8, 4) is 6.07 Å². The van der Waals surface area contributed by atoms with Crippen molar-refractivity contribution in [2.75, 3.05) is 18.0 Å². The number of nitriles is 1. The number of hydrogen-bond acceptors (Lipinski definition) is 3. The van der Waals surface area contributed by atoms with Gasteiger partial charge in [0, 0.05) is 24.7 Å². The summed E-state index contributed by atoms with van der Waals surface area (Å²) in [6, 6.07) is 5.43. The van der Waals surface area contributed by atoms with E-state index >= 15 is 0 Å². The van der Waals surface area contributed by atoms with E-state index in [2.05, 4.69) is 16.0 Å². The molecule has 2 heterocycles. The molecule has 1 fully saturated rings. The van der Waals surface area contributed by atoms with E-state index in [-0.39, 0.29) is 10.5 Å². The van der Waals surface area contributed by atoms with Gasteiger partial charge in [0.25, 0.3) is 0 Å². The quantitative estimate of drug-likeness (QED) is 0.799. The molecule has 20 heavy (non-hydrogen) atoms. The number of halogens is 2. The van der Waals surface area contributed by atoms with Gasteiger partial charge in [-0.05, 0) is 31.4 Å². The number of fused-ring (bicyclic) bond motifs is 1. The first-order valence-electron chi connectivity index (χ1n) is 6.64. The van der Waals surface area contributed by atoms with Crippen molar-refractivity contribution in [2.45, 2.75) is 19.3 Å². The second kappa shape index (κ2) is 5.26. The summed E-state index contributed by atoms with van der Waals surface area (Å²) in [5, 5.41) is 10.0. The van der Waals surface area contributed by atoms with Crippen molar-refractivity contribution in [1.82, 2.24) is 4.98 Å². The summed E-state index contributed by atoms with van der Waals surface area (Å²) in [4.78, 5) is 6.21. The van der Waals surface area contributed by atoms with Crippen LogP contribution >= 0.6 is 11.6 Å². The first-order valence-corrected chi connectivity index (χ1v) is 7.02. The molecular formula is C15H13ClFN3. The topological polar surface area (TPSA) is 39.9 Å². The average molecular weight is 290 g/mol. The number of rotatable bonds is 1. The Morgan fingerprint density at radius 2 is 2.00 bits per heavy atom. The van der Waals surface area contributed by atoms with Gasteiger partial charge >= 0.3 is 0 Å². The lowest BCUT2D eigenvalue weighted by atomic mass is 10.0. The molecule has 0 bridgehead atoms. The minimum absolute atomic E-state index is 0.0549. The number of benzene rings is 1. The van der Waals surface area contributed by atoms with Crippen LogP contribution in [0, 0.1) is 17.1 Å². The summed E-state index contributed by atoms with van der Waals surface area (Å²) in [5.41, 5.74) is 1.51. The van der Waals surface area contributed by atoms with E-state index in [1.54, 1.807) is 6.07 Å². The summed E-state index contributed by atoms with van der Waals surface area (Å²) in [6.45, 7) is 1.77. The predicted octanol–water partition coefficient (Wildman–Crippen LogP) is 3.89. The van der Waals surface area contributed by atoms with Crippen molar-refractivity contribution < 1.29 is 4.39 Å². The van der Waals surface area contributed by atoms with Crippen molar-refractivity contribution in [1.29, 1.82) is 5.26 Å². The fourth-order valence-electron chi connectivity index (χ4n) is 2.73. The molecule has 0 radical (unpaired) electrons. The Morgan fingerprint density at radius 3 is 2.70 bits per heavy atom. The molecule has 5 heteroatoms. The smallest absolute Gasteiger partial charge is 0.168 e. The van der Waals surface area contributed by atoms with E-state index in [4.69, 9.17) is 11.6 Å². The molecule has 1 saturated heterocycles. The molecule has 0 spiro atoms. The lowest BCUT2D eigenvalue weighted by molar-refractivity contribution is 0.578. The maximum Gasteiger partial charge on any atom is 0.168 e. The third-order valence-electron chi connectivity index (χ3n) is 3.69. The molecule has 1 aromatic heterocycles. The van der Waals surface area contributed by atoms with Gasteiger partial charge in [-0.1, -0.05) is 11.6 Å². The summed E-state index contributed by atoms with van der Waals surface area (Å²) in [7, 11) is 0. The van der Waals surface area contributed by atoms with Gasteiger partial charge in [-0.2, -0.15) is 5.26 Å². The zero-order valence-electron chi connectivity index (χ0n) is 10.9. The fourth-order valence-corrected chi connectivity index (χ4v) is 2.89. The van der Waals surface area contributed by atoms with Crippen LogP contribution in [-0.4, -0.2) is 18.1 Å². The number of hydrogen-bond donors (Lipinski definition) is 0. The summed E-state index contributed by atoms with van der Waals surface area (Å²) >= 11 is 5.81. The summed E-state index contributed by atoms with van der Waals surface area (Å²) < 4.78 is 14.1. The molecule has 102 valence electrons. The van der Waals surface area contributed by atoms with E-state index in [1.165, 1.54) is 18.7 Å². The fraction of sp³-hybridized carbons (Fsp3) is 0.333. The maximum atomic E-state index is 14.1. The van der Waals surface area contributed by atoms with Crippen LogP contribution in [0.1, 0.15) is 24.8 Å². The van der Waals surface area contributed by atoms with E-state index < -0.39 is 5.82 Å². The molecule has 0 unspecified atom stereocenters. The Balaban J connectivity index is 2.26. The normalized spacial score (nSPS) is 15.3. The highest BCUT2D eigenvalue weighted by Crippen LogP contribution is 2.34. The zero-order valence-corrected chi connectivity index (χ0v) is 11.6. The van der Waals surface area contributed by atoms with Gasteiger partial charge in [0.2, 0.25) is 0 Å². The Hall–Kier alpha value is -1.86. The molecule has 1 aliphatic heterocycles. The number of nitrogens with zero attached hydrogens (tertiary/aromatic N) is 3. The molecule has 0 amide bonds. The minimum atomic E-state index is -0.521. The molecule has 2 aromatic rings.